The maximum Gasteiger partial charge on any atom is 0.129 e. The summed E-state index contributed by atoms with van der Waals surface area (Å²) in [5.74, 6) is 0.845. The van der Waals surface area contributed by atoms with Crippen LogP contribution >= 0.6 is 0 Å². The molecule has 0 spiro atoms. The molecule has 3 N–H and O–H groups in total. The van der Waals surface area contributed by atoms with E-state index in [1.807, 2.05) is 19.1 Å². The second-order valence-corrected chi connectivity index (χ2v) is 2.19. The summed E-state index contributed by atoms with van der Waals surface area (Å²) in [6.45, 7) is 1.92. The lowest BCUT2D eigenvalue weighted by Crippen LogP contribution is -2.09. The van der Waals surface area contributed by atoms with E-state index in [0.717, 1.165) is 5.82 Å². The summed E-state index contributed by atoms with van der Waals surface area (Å²) in [5, 5.41) is 0. The molecule has 10 heavy (non-hydrogen) atoms. The van der Waals surface area contributed by atoms with Crippen LogP contribution in [0.3, 0.4) is 0 Å². The van der Waals surface area contributed by atoms with E-state index in [0.29, 0.717) is 0 Å². The molecule has 1 atom stereocenters. The van der Waals surface area contributed by atoms with Crippen molar-refractivity contribution in [3.05, 3.63) is 24.3 Å². The average Bonchev–Trinajstić information content (AvgIpc) is 2.34. The molecule has 1 aromatic heterocycles. The molecule has 0 aliphatic carbocycles. The number of nitrogens with two attached hydrogens (primary N) is 1. The summed E-state index contributed by atoms with van der Waals surface area (Å²) in [6.07, 6.45) is 7.24. The Morgan fingerprint density at radius 3 is 3.10 bits per heavy atom. The molecule has 54 valence electrons. The van der Waals surface area contributed by atoms with Gasteiger partial charge in [0.2, 0.25) is 0 Å². The Bertz CT molecular complexity index is 199. The fraction of sp³-hybridized carbons (Fsp3) is 0.286. The second kappa shape index (κ2) is 3.17. The highest BCUT2D eigenvalue weighted by atomic mass is 14.9. The highest BCUT2D eigenvalue weighted by Crippen LogP contribution is 1.92. The van der Waals surface area contributed by atoms with Crippen molar-refractivity contribution in [2.24, 2.45) is 5.73 Å². The van der Waals surface area contributed by atoms with E-state index in [4.69, 9.17) is 5.73 Å². The lowest BCUT2D eigenvalue weighted by atomic mass is 10.3. The smallest absolute Gasteiger partial charge is 0.129 e. The van der Waals surface area contributed by atoms with Crippen LogP contribution in [0.15, 0.2) is 18.5 Å². The Labute approximate surface area is 60.0 Å². The first-order chi connectivity index (χ1) is 4.79. The SMILES string of the molecule is CC(N)/C=C/c1ncc[nH]1. The number of nitrogens with one attached hydrogen (secondary N) is 1. The largest absolute Gasteiger partial charge is 0.345 e. The number of nitrogens with zero attached hydrogens (tertiary/aromatic N) is 1. The summed E-state index contributed by atoms with van der Waals surface area (Å²) in [7, 11) is 0. The number of aromatic nitrogens is 2. The summed E-state index contributed by atoms with van der Waals surface area (Å²) in [4.78, 5) is 6.93. The van der Waals surface area contributed by atoms with Gasteiger partial charge in [0.1, 0.15) is 5.82 Å². The molecular formula is C7H11N3. The fourth-order valence-corrected chi connectivity index (χ4v) is 0.612. The first-order valence-electron chi connectivity index (χ1n) is 3.22. The lowest BCUT2D eigenvalue weighted by molar-refractivity contribution is 0.929. The van der Waals surface area contributed by atoms with E-state index in [-0.39, 0.29) is 6.04 Å². The molecular weight excluding hydrogens is 126 g/mol. The molecule has 0 radical (unpaired) electrons. The standard InChI is InChI=1S/C7H11N3/c1-6(8)2-3-7-9-4-5-10-7/h2-6H,8H2,1H3,(H,9,10)/b3-2+. The summed E-state index contributed by atoms with van der Waals surface area (Å²) in [6, 6.07) is 0.0881. The van der Waals surface area contributed by atoms with E-state index in [1.54, 1.807) is 12.4 Å². The highest BCUT2D eigenvalue weighted by molar-refractivity contribution is 5.40. The summed E-state index contributed by atoms with van der Waals surface area (Å²) < 4.78 is 0. The highest BCUT2D eigenvalue weighted by Gasteiger charge is 1.86. The molecule has 0 saturated heterocycles. The van der Waals surface area contributed by atoms with Crippen molar-refractivity contribution < 1.29 is 0 Å². The van der Waals surface area contributed by atoms with Crippen molar-refractivity contribution in [2.75, 3.05) is 0 Å². The number of hydrogen-bond donors (Lipinski definition) is 2. The van der Waals surface area contributed by atoms with Gasteiger partial charge in [0.05, 0.1) is 0 Å². The van der Waals surface area contributed by atoms with E-state index < -0.39 is 0 Å². The van der Waals surface area contributed by atoms with E-state index >= 15 is 0 Å². The van der Waals surface area contributed by atoms with Crippen LogP contribution in [0.2, 0.25) is 0 Å². The summed E-state index contributed by atoms with van der Waals surface area (Å²) >= 11 is 0. The van der Waals surface area contributed by atoms with E-state index in [2.05, 4.69) is 9.97 Å². The van der Waals surface area contributed by atoms with Gasteiger partial charge < -0.3 is 10.7 Å². The molecule has 0 aliphatic rings. The third-order valence-corrected chi connectivity index (χ3v) is 1.08. The number of imidazole rings is 1. The van der Waals surface area contributed by atoms with Crippen LogP contribution in [0, 0.1) is 0 Å². The van der Waals surface area contributed by atoms with Gasteiger partial charge in [-0.15, -0.1) is 0 Å². The van der Waals surface area contributed by atoms with Crippen LogP contribution in [0.25, 0.3) is 6.08 Å². The molecule has 0 fully saturated rings. The molecule has 1 aromatic rings. The van der Waals surface area contributed by atoms with Crippen LogP contribution in [0.1, 0.15) is 12.7 Å². The van der Waals surface area contributed by atoms with Gasteiger partial charge in [-0.3, -0.25) is 0 Å². The first-order valence-corrected chi connectivity index (χ1v) is 3.22. The fourth-order valence-electron chi connectivity index (χ4n) is 0.612. The van der Waals surface area contributed by atoms with Crippen LogP contribution in [-0.4, -0.2) is 16.0 Å². The molecule has 0 aromatic carbocycles. The van der Waals surface area contributed by atoms with Crippen LogP contribution in [-0.2, 0) is 0 Å². The lowest BCUT2D eigenvalue weighted by Gasteiger charge is -1.91. The molecule has 3 nitrogen and oxygen atoms in total. The zero-order valence-electron chi connectivity index (χ0n) is 5.91. The zero-order chi connectivity index (χ0) is 7.40. The molecule has 0 amide bonds. The molecule has 1 rings (SSSR count). The van der Waals surface area contributed by atoms with Gasteiger partial charge in [-0.05, 0) is 13.0 Å². The zero-order valence-corrected chi connectivity index (χ0v) is 5.91. The molecule has 0 saturated carbocycles. The Balaban J connectivity index is 2.55. The molecule has 3 heteroatoms. The molecule has 1 heterocycles. The van der Waals surface area contributed by atoms with Gasteiger partial charge in [0.15, 0.2) is 0 Å². The number of rotatable bonds is 2. The van der Waals surface area contributed by atoms with Crippen LogP contribution < -0.4 is 5.73 Å². The van der Waals surface area contributed by atoms with E-state index in [9.17, 15) is 0 Å². The third kappa shape index (κ3) is 2.03. The topological polar surface area (TPSA) is 54.7 Å². The minimum absolute atomic E-state index is 0.0881. The minimum Gasteiger partial charge on any atom is -0.345 e. The predicted molar refractivity (Wildman–Crippen MR) is 41.3 cm³/mol. The number of H-pyrrole nitrogens is 1. The number of aromatic amines is 1. The van der Waals surface area contributed by atoms with Gasteiger partial charge in [0, 0.05) is 18.4 Å². The van der Waals surface area contributed by atoms with Gasteiger partial charge in [0.25, 0.3) is 0 Å². The molecule has 1 unspecified atom stereocenters. The molecule has 0 aliphatic heterocycles. The summed E-state index contributed by atoms with van der Waals surface area (Å²) in [5.41, 5.74) is 5.48. The Morgan fingerprint density at radius 1 is 1.80 bits per heavy atom. The predicted octanol–water partition coefficient (Wildman–Crippen LogP) is 0.770. The van der Waals surface area contributed by atoms with Crippen LogP contribution in [0.4, 0.5) is 0 Å². The maximum atomic E-state index is 5.48. The van der Waals surface area contributed by atoms with Crippen molar-refractivity contribution in [3.8, 4) is 0 Å². The minimum atomic E-state index is 0.0881. The maximum absolute atomic E-state index is 5.48. The van der Waals surface area contributed by atoms with Gasteiger partial charge in [-0.1, -0.05) is 6.08 Å². The van der Waals surface area contributed by atoms with Crippen molar-refractivity contribution in [1.82, 2.24) is 9.97 Å². The van der Waals surface area contributed by atoms with Crippen molar-refractivity contribution in [2.45, 2.75) is 13.0 Å². The molecule has 0 bridgehead atoms. The van der Waals surface area contributed by atoms with Crippen LogP contribution in [0.5, 0.6) is 0 Å². The average molecular weight is 137 g/mol. The van der Waals surface area contributed by atoms with Crippen molar-refractivity contribution in [1.29, 1.82) is 0 Å². The third-order valence-electron chi connectivity index (χ3n) is 1.08. The Morgan fingerprint density at radius 2 is 2.60 bits per heavy atom. The Hall–Kier alpha value is -1.09. The first kappa shape index (κ1) is 7.02. The van der Waals surface area contributed by atoms with Gasteiger partial charge >= 0.3 is 0 Å². The normalized spacial score (nSPS) is 14.2. The van der Waals surface area contributed by atoms with Crippen molar-refractivity contribution >= 4 is 6.08 Å². The monoisotopic (exact) mass is 137 g/mol. The van der Waals surface area contributed by atoms with Gasteiger partial charge in [-0.2, -0.15) is 0 Å². The Kier molecular flexibility index (Phi) is 2.23. The van der Waals surface area contributed by atoms with Gasteiger partial charge in [-0.25, -0.2) is 4.98 Å². The quantitative estimate of drug-likeness (QED) is 0.632. The van der Waals surface area contributed by atoms with E-state index in [1.165, 1.54) is 0 Å². The number of hydrogen-bond acceptors (Lipinski definition) is 2. The van der Waals surface area contributed by atoms with Crippen molar-refractivity contribution in [3.63, 3.8) is 0 Å². The second-order valence-electron chi connectivity index (χ2n) is 2.19.